The van der Waals surface area contributed by atoms with Gasteiger partial charge in [-0.1, -0.05) is 34.1 Å². The van der Waals surface area contributed by atoms with E-state index in [9.17, 15) is 0 Å². The van der Waals surface area contributed by atoms with Gasteiger partial charge in [-0.15, -0.1) is 0 Å². The molecular weight excluding hydrogens is 264 g/mol. The molecule has 0 saturated carbocycles. The van der Waals surface area contributed by atoms with E-state index in [-0.39, 0.29) is 0 Å². The normalized spacial score (nSPS) is 10.1. The molecule has 2 rings (SSSR count). The Balaban J connectivity index is 2.32. The number of aromatic nitrogens is 1. The summed E-state index contributed by atoms with van der Waals surface area (Å²) in [6.07, 6.45) is 0. The second-order valence-corrected chi connectivity index (χ2v) is 4.36. The number of halogens is 1. The van der Waals surface area contributed by atoms with E-state index >= 15 is 0 Å². The minimum atomic E-state index is 0.886. The number of rotatable bonds is 3. The molecule has 1 heterocycles. The molecule has 3 heteroatoms. The molecule has 0 fully saturated rings. The number of benzene rings is 1. The van der Waals surface area contributed by atoms with Crippen LogP contribution in [0.1, 0.15) is 6.92 Å². The zero-order valence-electron chi connectivity index (χ0n) is 9.07. The number of hydrogen-bond donors (Lipinski definition) is 1. The number of anilines is 1. The Labute approximate surface area is 104 Å². The average molecular weight is 277 g/mol. The fourth-order valence-electron chi connectivity index (χ4n) is 1.50. The van der Waals surface area contributed by atoms with Gasteiger partial charge >= 0.3 is 0 Å². The van der Waals surface area contributed by atoms with Crippen molar-refractivity contribution in [2.24, 2.45) is 0 Å². The molecule has 0 amide bonds. The largest absolute Gasteiger partial charge is 0.370 e. The maximum atomic E-state index is 4.54. The van der Waals surface area contributed by atoms with E-state index in [2.05, 4.69) is 45.3 Å². The van der Waals surface area contributed by atoms with Gasteiger partial charge in [0.25, 0.3) is 0 Å². The lowest BCUT2D eigenvalue weighted by Crippen LogP contribution is -1.99. The van der Waals surface area contributed by atoms with Crippen LogP contribution in [0.2, 0.25) is 0 Å². The van der Waals surface area contributed by atoms with Crippen LogP contribution in [0.25, 0.3) is 11.3 Å². The van der Waals surface area contributed by atoms with Crippen LogP contribution in [0, 0.1) is 0 Å². The molecule has 0 aliphatic rings. The van der Waals surface area contributed by atoms with E-state index in [1.807, 2.05) is 30.3 Å². The van der Waals surface area contributed by atoms with Crippen molar-refractivity contribution >= 4 is 21.7 Å². The molecule has 0 radical (unpaired) electrons. The maximum Gasteiger partial charge on any atom is 0.126 e. The standard InChI is InChI=1S/C13H13BrN2/c1-2-15-13-5-3-4-12(16-13)10-6-8-11(14)9-7-10/h3-9H,2H2,1H3,(H,15,16). The molecule has 0 spiro atoms. The van der Waals surface area contributed by atoms with Gasteiger partial charge in [-0.05, 0) is 31.2 Å². The van der Waals surface area contributed by atoms with Crippen LogP contribution >= 0.6 is 15.9 Å². The van der Waals surface area contributed by atoms with Crippen molar-refractivity contribution in [3.05, 3.63) is 46.9 Å². The fraction of sp³-hybridized carbons (Fsp3) is 0.154. The molecule has 0 aliphatic heterocycles. The van der Waals surface area contributed by atoms with E-state index in [0.717, 1.165) is 28.1 Å². The Bertz CT molecular complexity index is 466. The minimum absolute atomic E-state index is 0.886. The minimum Gasteiger partial charge on any atom is -0.370 e. The van der Waals surface area contributed by atoms with Gasteiger partial charge in [0.15, 0.2) is 0 Å². The van der Waals surface area contributed by atoms with Crippen LogP contribution in [0.15, 0.2) is 46.9 Å². The lowest BCUT2D eigenvalue weighted by molar-refractivity contribution is 1.16. The van der Waals surface area contributed by atoms with E-state index in [4.69, 9.17) is 0 Å². The van der Waals surface area contributed by atoms with Crippen LogP contribution in [-0.2, 0) is 0 Å². The summed E-state index contributed by atoms with van der Waals surface area (Å²) < 4.78 is 1.08. The third-order valence-electron chi connectivity index (χ3n) is 2.25. The zero-order valence-corrected chi connectivity index (χ0v) is 10.7. The molecule has 0 aliphatic carbocycles. The molecular formula is C13H13BrN2. The molecule has 1 N–H and O–H groups in total. The highest BCUT2D eigenvalue weighted by molar-refractivity contribution is 9.10. The van der Waals surface area contributed by atoms with Crippen molar-refractivity contribution in [1.29, 1.82) is 0 Å². The Hall–Kier alpha value is -1.35. The zero-order chi connectivity index (χ0) is 11.4. The predicted octanol–water partition coefficient (Wildman–Crippen LogP) is 3.94. The summed E-state index contributed by atoms with van der Waals surface area (Å²) in [6, 6.07) is 14.2. The van der Waals surface area contributed by atoms with Crippen molar-refractivity contribution in [3.8, 4) is 11.3 Å². The fourth-order valence-corrected chi connectivity index (χ4v) is 1.76. The number of nitrogens with one attached hydrogen (secondary N) is 1. The van der Waals surface area contributed by atoms with Gasteiger partial charge in [0.05, 0.1) is 5.69 Å². The summed E-state index contributed by atoms with van der Waals surface area (Å²) in [5.74, 6) is 0.919. The van der Waals surface area contributed by atoms with Gasteiger partial charge in [-0.3, -0.25) is 0 Å². The number of pyridine rings is 1. The van der Waals surface area contributed by atoms with Gasteiger partial charge in [0.2, 0.25) is 0 Å². The predicted molar refractivity (Wildman–Crippen MR) is 71.5 cm³/mol. The van der Waals surface area contributed by atoms with E-state index in [1.165, 1.54) is 0 Å². The number of nitrogens with zero attached hydrogens (tertiary/aromatic N) is 1. The Morgan fingerprint density at radius 1 is 1.12 bits per heavy atom. The van der Waals surface area contributed by atoms with Crippen molar-refractivity contribution in [2.75, 3.05) is 11.9 Å². The van der Waals surface area contributed by atoms with Crippen LogP contribution in [0.4, 0.5) is 5.82 Å². The number of hydrogen-bond acceptors (Lipinski definition) is 2. The first kappa shape index (κ1) is 11.1. The molecule has 0 unspecified atom stereocenters. The smallest absolute Gasteiger partial charge is 0.126 e. The van der Waals surface area contributed by atoms with Crippen molar-refractivity contribution < 1.29 is 0 Å². The maximum absolute atomic E-state index is 4.54. The molecule has 0 saturated heterocycles. The molecule has 82 valence electrons. The molecule has 2 nitrogen and oxygen atoms in total. The molecule has 1 aromatic carbocycles. The molecule has 1 aromatic heterocycles. The first-order valence-electron chi connectivity index (χ1n) is 5.26. The Morgan fingerprint density at radius 3 is 2.56 bits per heavy atom. The summed E-state index contributed by atoms with van der Waals surface area (Å²) in [7, 11) is 0. The second-order valence-electron chi connectivity index (χ2n) is 3.45. The van der Waals surface area contributed by atoms with Crippen LogP contribution in [0.3, 0.4) is 0 Å². The second kappa shape index (κ2) is 5.12. The first-order chi connectivity index (χ1) is 7.79. The van der Waals surface area contributed by atoms with E-state index in [1.54, 1.807) is 0 Å². The lowest BCUT2D eigenvalue weighted by Gasteiger charge is -2.05. The molecule has 0 atom stereocenters. The van der Waals surface area contributed by atoms with Gasteiger partial charge in [0, 0.05) is 16.6 Å². The highest BCUT2D eigenvalue weighted by atomic mass is 79.9. The summed E-state index contributed by atoms with van der Waals surface area (Å²) in [4.78, 5) is 4.54. The summed E-state index contributed by atoms with van der Waals surface area (Å²) in [6.45, 7) is 2.95. The van der Waals surface area contributed by atoms with Gasteiger partial charge in [0.1, 0.15) is 5.82 Å². The quantitative estimate of drug-likeness (QED) is 0.919. The molecule has 2 aromatic rings. The first-order valence-corrected chi connectivity index (χ1v) is 6.06. The van der Waals surface area contributed by atoms with Crippen molar-refractivity contribution in [2.45, 2.75) is 6.92 Å². The third-order valence-corrected chi connectivity index (χ3v) is 2.78. The van der Waals surface area contributed by atoms with Crippen LogP contribution in [-0.4, -0.2) is 11.5 Å². The van der Waals surface area contributed by atoms with Crippen molar-refractivity contribution in [1.82, 2.24) is 4.98 Å². The highest BCUT2D eigenvalue weighted by Gasteiger charge is 2.00. The van der Waals surface area contributed by atoms with Gasteiger partial charge in [-0.25, -0.2) is 4.98 Å². The summed E-state index contributed by atoms with van der Waals surface area (Å²) >= 11 is 3.42. The van der Waals surface area contributed by atoms with Gasteiger partial charge in [-0.2, -0.15) is 0 Å². The van der Waals surface area contributed by atoms with Crippen LogP contribution < -0.4 is 5.32 Å². The third kappa shape index (κ3) is 2.61. The monoisotopic (exact) mass is 276 g/mol. The lowest BCUT2D eigenvalue weighted by atomic mass is 10.1. The van der Waals surface area contributed by atoms with Gasteiger partial charge < -0.3 is 5.32 Å². The van der Waals surface area contributed by atoms with Crippen LogP contribution in [0.5, 0.6) is 0 Å². The molecule has 0 bridgehead atoms. The van der Waals surface area contributed by atoms with Crippen molar-refractivity contribution in [3.63, 3.8) is 0 Å². The van der Waals surface area contributed by atoms with E-state index < -0.39 is 0 Å². The molecule has 16 heavy (non-hydrogen) atoms. The summed E-state index contributed by atoms with van der Waals surface area (Å²) in [5.41, 5.74) is 2.12. The highest BCUT2D eigenvalue weighted by Crippen LogP contribution is 2.21. The SMILES string of the molecule is CCNc1cccc(-c2ccc(Br)cc2)n1. The Kier molecular flexibility index (Phi) is 3.57. The van der Waals surface area contributed by atoms with E-state index in [0.29, 0.717) is 0 Å². The Morgan fingerprint density at radius 2 is 1.88 bits per heavy atom. The average Bonchev–Trinajstić information content (AvgIpc) is 2.31. The topological polar surface area (TPSA) is 24.9 Å². The summed E-state index contributed by atoms with van der Waals surface area (Å²) in [5, 5.41) is 3.21.